The van der Waals surface area contributed by atoms with Crippen molar-refractivity contribution < 1.29 is 0 Å². The van der Waals surface area contributed by atoms with Gasteiger partial charge in [0.1, 0.15) is 5.82 Å². The summed E-state index contributed by atoms with van der Waals surface area (Å²) in [4.78, 5) is 7.07. The first-order chi connectivity index (χ1) is 10.3. The molecule has 1 aliphatic heterocycles. The maximum Gasteiger partial charge on any atom is 0.129 e. The lowest BCUT2D eigenvalue weighted by Gasteiger charge is -2.30. The molecule has 0 spiro atoms. The molecule has 2 aromatic rings. The number of nitrogens with zero attached hydrogens (tertiary/aromatic N) is 2. The number of nitrogens with one attached hydrogen (secondary N) is 1. The molecule has 2 heterocycles. The van der Waals surface area contributed by atoms with Gasteiger partial charge in [-0.05, 0) is 36.2 Å². The van der Waals surface area contributed by atoms with Crippen LogP contribution in [-0.2, 0) is 19.5 Å². The summed E-state index contributed by atoms with van der Waals surface area (Å²) in [7, 11) is 0. The fraction of sp³-hybridized carbons (Fsp3) is 0.353. The third-order valence-electron chi connectivity index (χ3n) is 3.90. The summed E-state index contributed by atoms with van der Waals surface area (Å²) in [5.74, 6) is 1.02. The van der Waals surface area contributed by atoms with Gasteiger partial charge in [-0.3, -0.25) is 0 Å². The van der Waals surface area contributed by atoms with Crippen LogP contribution in [0.15, 0.2) is 36.4 Å². The number of anilines is 1. The number of pyridine rings is 1. The molecule has 0 unspecified atom stereocenters. The van der Waals surface area contributed by atoms with Gasteiger partial charge in [0.15, 0.2) is 0 Å². The van der Waals surface area contributed by atoms with Crippen molar-refractivity contribution in [3.8, 4) is 0 Å². The summed E-state index contributed by atoms with van der Waals surface area (Å²) in [6.07, 6.45) is 1.07. The first-order valence-electron chi connectivity index (χ1n) is 7.46. The van der Waals surface area contributed by atoms with E-state index < -0.39 is 0 Å². The van der Waals surface area contributed by atoms with Crippen LogP contribution in [0.2, 0.25) is 5.02 Å². The smallest absolute Gasteiger partial charge is 0.129 e. The summed E-state index contributed by atoms with van der Waals surface area (Å²) in [6.45, 7) is 5.64. The molecule has 4 heteroatoms. The van der Waals surface area contributed by atoms with E-state index in [0.717, 1.165) is 42.6 Å². The zero-order valence-corrected chi connectivity index (χ0v) is 13.0. The summed E-state index contributed by atoms with van der Waals surface area (Å²) in [5.41, 5.74) is 3.78. The molecule has 110 valence electrons. The van der Waals surface area contributed by atoms with E-state index in [1.807, 2.05) is 12.1 Å². The number of benzene rings is 1. The Morgan fingerprint density at radius 3 is 2.81 bits per heavy atom. The molecule has 0 radical (unpaired) electrons. The van der Waals surface area contributed by atoms with Crippen LogP contribution in [0.3, 0.4) is 0 Å². The Morgan fingerprint density at radius 1 is 1.19 bits per heavy atom. The number of hydrogen-bond donors (Lipinski definition) is 1. The second-order valence-electron chi connectivity index (χ2n) is 5.32. The molecule has 1 aromatic heterocycles. The number of fused-ring (bicyclic) bond motifs is 1. The Balaban J connectivity index is 1.81. The lowest BCUT2D eigenvalue weighted by Crippen LogP contribution is -2.31. The largest absolute Gasteiger partial charge is 0.352 e. The van der Waals surface area contributed by atoms with Crippen LogP contribution >= 0.6 is 11.6 Å². The summed E-state index contributed by atoms with van der Waals surface area (Å²) < 4.78 is 0. The summed E-state index contributed by atoms with van der Waals surface area (Å²) in [5, 5.41) is 4.02. The van der Waals surface area contributed by atoms with E-state index in [1.54, 1.807) is 0 Å². The van der Waals surface area contributed by atoms with Crippen LogP contribution in [0.1, 0.15) is 23.7 Å². The number of rotatable bonds is 4. The standard InChI is InChI=1S/C17H20ClN3/c1-2-19-11-16-15(18)7-8-17(20-16)21-10-9-13-5-3-4-6-14(13)12-21/h3-8,19H,2,9-12H2,1H3. The molecule has 0 atom stereocenters. The van der Waals surface area contributed by atoms with E-state index in [2.05, 4.69) is 41.4 Å². The lowest BCUT2D eigenvalue weighted by atomic mass is 10.00. The topological polar surface area (TPSA) is 28.2 Å². The van der Waals surface area contributed by atoms with Crippen LogP contribution in [0.5, 0.6) is 0 Å². The molecule has 1 aromatic carbocycles. The lowest BCUT2D eigenvalue weighted by molar-refractivity contribution is 0.693. The fourth-order valence-corrected chi connectivity index (χ4v) is 2.88. The van der Waals surface area contributed by atoms with Gasteiger partial charge in [0, 0.05) is 19.6 Å². The Kier molecular flexibility index (Phi) is 4.42. The normalized spacial score (nSPS) is 14.1. The SMILES string of the molecule is CCNCc1nc(N2CCc3ccccc3C2)ccc1Cl. The van der Waals surface area contributed by atoms with Crippen molar-refractivity contribution >= 4 is 17.4 Å². The molecule has 0 amide bonds. The summed E-state index contributed by atoms with van der Waals surface area (Å²) >= 11 is 6.23. The van der Waals surface area contributed by atoms with Crippen molar-refractivity contribution in [3.63, 3.8) is 0 Å². The number of halogens is 1. The minimum absolute atomic E-state index is 0.716. The third kappa shape index (κ3) is 3.20. The van der Waals surface area contributed by atoms with E-state index in [4.69, 9.17) is 16.6 Å². The molecular weight excluding hydrogens is 282 g/mol. The minimum Gasteiger partial charge on any atom is -0.352 e. The van der Waals surface area contributed by atoms with Crippen LogP contribution in [-0.4, -0.2) is 18.1 Å². The van der Waals surface area contributed by atoms with Gasteiger partial charge < -0.3 is 10.2 Å². The molecule has 1 aliphatic rings. The zero-order chi connectivity index (χ0) is 14.7. The predicted octanol–water partition coefficient (Wildman–Crippen LogP) is 3.41. The van der Waals surface area contributed by atoms with Gasteiger partial charge in [-0.2, -0.15) is 0 Å². The van der Waals surface area contributed by atoms with Crippen molar-refractivity contribution in [3.05, 3.63) is 58.2 Å². The number of hydrogen-bond acceptors (Lipinski definition) is 3. The first kappa shape index (κ1) is 14.4. The van der Waals surface area contributed by atoms with E-state index in [9.17, 15) is 0 Å². The monoisotopic (exact) mass is 301 g/mol. The highest BCUT2D eigenvalue weighted by atomic mass is 35.5. The highest BCUT2D eigenvalue weighted by Gasteiger charge is 2.17. The zero-order valence-electron chi connectivity index (χ0n) is 12.3. The van der Waals surface area contributed by atoms with Gasteiger partial charge >= 0.3 is 0 Å². The maximum absolute atomic E-state index is 6.23. The molecular formula is C17H20ClN3. The fourth-order valence-electron chi connectivity index (χ4n) is 2.71. The van der Waals surface area contributed by atoms with Crippen molar-refractivity contribution in [2.24, 2.45) is 0 Å². The highest BCUT2D eigenvalue weighted by molar-refractivity contribution is 6.31. The average Bonchev–Trinajstić information content (AvgIpc) is 2.53. The van der Waals surface area contributed by atoms with Gasteiger partial charge in [-0.15, -0.1) is 0 Å². The maximum atomic E-state index is 6.23. The minimum atomic E-state index is 0.716. The van der Waals surface area contributed by atoms with E-state index in [0.29, 0.717) is 6.54 Å². The van der Waals surface area contributed by atoms with Crippen molar-refractivity contribution in [1.29, 1.82) is 0 Å². The van der Waals surface area contributed by atoms with Crippen LogP contribution in [0.4, 0.5) is 5.82 Å². The van der Waals surface area contributed by atoms with Crippen molar-refractivity contribution in [2.45, 2.75) is 26.4 Å². The molecule has 21 heavy (non-hydrogen) atoms. The molecule has 3 rings (SSSR count). The predicted molar refractivity (Wildman–Crippen MR) is 87.8 cm³/mol. The second kappa shape index (κ2) is 6.46. The molecule has 1 N–H and O–H groups in total. The van der Waals surface area contributed by atoms with E-state index in [1.165, 1.54) is 11.1 Å². The first-order valence-corrected chi connectivity index (χ1v) is 7.83. The average molecular weight is 302 g/mol. The van der Waals surface area contributed by atoms with Crippen LogP contribution in [0, 0.1) is 0 Å². The molecule has 0 fully saturated rings. The second-order valence-corrected chi connectivity index (χ2v) is 5.73. The highest BCUT2D eigenvalue weighted by Crippen LogP contribution is 2.25. The van der Waals surface area contributed by atoms with Crippen LogP contribution < -0.4 is 10.2 Å². The van der Waals surface area contributed by atoms with E-state index >= 15 is 0 Å². The molecule has 0 saturated heterocycles. The van der Waals surface area contributed by atoms with Crippen molar-refractivity contribution in [1.82, 2.24) is 10.3 Å². The molecule has 0 bridgehead atoms. The molecule has 0 saturated carbocycles. The van der Waals surface area contributed by atoms with Gasteiger partial charge in [0.2, 0.25) is 0 Å². The Bertz CT molecular complexity index is 627. The van der Waals surface area contributed by atoms with Gasteiger partial charge in [-0.25, -0.2) is 4.98 Å². The summed E-state index contributed by atoms with van der Waals surface area (Å²) in [6, 6.07) is 12.6. The molecule has 3 nitrogen and oxygen atoms in total. The van der Waals surface area contributed by atoms with Crippen LogP contribution in [0.25, 0.3) is 0 Å². The quantitative estimate of drug-likeness (QED) is 0.938. The number of aromatic nitrogens is 1. The van der Waals surface area contributed by atoms with Gasteiger partial charge in [-0.1, -0.05) is 42.8 Å². The van der Waals surface area contributed by atoms with Gasteiger partial charge in [0.05, 0.1) is 10.7 Å². The third-order valence-corrected chi connectivity index (χ3v) is 4.25. The van der Waals surface area contributed by atoms with Gasteiger partial charge in [0.25, 0.3) is 0 Å². The van der Waals surface area contributed by atoms with Crippen molar-refractivity contribution in [2.75, 3.05) is 18.0 Å². The Hall–Kier alpha value is -1.58. The Labute approximate surface area is 131 Å². The molecule has 0 aliphatic carbocycles. The Morgan fingerprint density at radius 2 is 2.00 bits per heavy atom. The van der Waals surface area contributed by atoms with E-state index in [-0.39, 0.29) is 0 Å².